The Bertz CT molecular complexity index is 1270. The summed E-state index contributed by atoms with van der Waals surface area (Å²) in [5.41, 5.74) is 2.64. The summed E-state index contributed by atoms with van der Waals surface area (Å²) in [6.45, 7) is 8.25. The lowest BCUT2D eigenvalue weighted by Crippen LogP contribution is -2.51. The molecule has 7 heteroatoms. The van der Waals surface area contributed by atoms with Gasteiger partial charge in [0.2, 0.25) is 0 Å². The van der Waals surface area contributed by atoms with E-state index < -0.39 is 16.1 Å². The molecule has 0 fully saturated rings. The predicted molar refractivity (Wildman–Crippen MR) is 134 cm³/mol. The van der Waals surface area contributed by atoms with Crippen molar-refractivity contribution in [1.82, 2.24) is 5.32 Å². The van der Waals surface area contributed by atoms with Crippen molar-refractivity contribution in [3.8, 4) is 5.75 Å². The summed E-state index contributed by atoms with van der Waals surface area (Å²) in [5, 5.41) is 2.98. The van der Waals surface area contributed by atoms with E-state index in [1.165, 1.54) is 9.87 Å². The molecule has 0 saturated carbocycles. The largest absolute Gasteiger partial charge is 0.476 e. The number of sulfonamides is 1. The molecule has 2 unspecified atom stereocenters. The first-order chi connectivity index (χ1) is 16.1. The van der Waals surface area contributed by atoms with Gasteiger partial charge in [-0.3, -0.25) is 9.10 Å². The smallest absolute Gasteiger partial charge is 0.264 e. The SMILES string of the molecule is CC(NC(=O)C1CN(S(=O)(=O)c2ccccc2)c2ccccc2O1)c1ccc(C(C)(C)C)cc1. The number of hydrogen-bond acceptors (Lipinski definition) is 4. The molecule has 1 heterocycles. The Balaban J connectivity index is 1.56. The number of benzene rings is 3. The van der Waals surface area contributed by atoms with E-state index in [4.69, 9.17) is 4.74 Å². The minimum atomic E-state index is -3.87. The van der Waals surface area contributed by atoms with E-state index in [1.807, 2.05) is 19.1 Å². The van der Waals surface area contributed by atoms with Gasteiger partial charge in [-0.1, -0.05) is 75.4 Å². The number of carbonyl (C=O) groups is 1. The molecule has 4 rings (SSSR count). The van der Waals surface area contributed by atoms with Crippen molar-refractivity contribution in [3.63, 3.8) is 0 Å². The van der Waals surface area contributed by atoms with E-state index in [9.17, 15) is 13.2 Å². The van der Waals surface area contributed by atoms with Crippen LogP contribution in [-0.2, 0) is 20.2 Å². The van der Waals surface area contributed by atoms with Crippen molar-refractivity contribution in [3.05, 3.63) is 90.0 Å². The lowest BCUT2D eigenvalue weighted by Gasteiger charge is -2.35. The van der Waals surface area contributed by atoms with Gasteiger partial charge < -0.3 is 10.1 Å². The summed E-state index contributed by atoms with van der Waals surface area (Å²) < 4.78 is 34.0. The Hall–Kier alpha value is -3.32. The molecule has 3 aromatic carbocycles. The second-order valence-corrected chi connectivity index (χ2v) is 11.4. The molecule has 0 spiro atoms. The lowest BCUT2D eigenvalue weighted by molar-refractivity contribution is -0.128. The van der Waals surface area contributed by atoms with Crippen LogP contribution in [0.1, 0.15) is 44.9 Å². The Morgan fingerprint density at radius 2 is 1.59 bits per heavy atom. The van der Waals surface area contributed by atoms with Crippen LogP contribution in [0.2, 0.25) is 0 Å². The zero-order chi connectivity index (χ0) is 24.5. The Morgan fingerprint density at radius 1 is 0.971 bits per heavy atom. The first kappa shape index (κ1) is 23.8. The van der Waals surface area contributed by atoms with Crippen LogP contribution in [0.5, 0.6) is 5.75 Å². The average molecular weight is 479 g/mol. The van der Waals surface area contributed by atoms with Gasteiger partial charge in [0.05, 0.1) is 23.2 Å². The second-order valence-electron chi connectivity index (χ2n) is 9.53. The van der Waals surface area contributed by atoms with Crippen molar-refractivity contribution in [2.24, 2.45) is 0 Å². The van der Waals surface area contributed by atoms with Crippen LogP contribution in [0.4, 0.5) is 5.69 Å². The normalized spacial score (nSPS) is 16.8. The average Bonchev–Trinajstić information content (AvgIpc) is 2.83. The molecule has 1 aliphatic heterocycles. The number of rotatable bonds is 5. The Morgan fingerprint density at radius 3 is 2.24 bits per heavy atom. The standard InChI is InChI=1S/C27H30N2O4S/c1-19(20-14-16-21(17-15-20)27(2,3)4)28-26(30)25-18-29(23-12-8-9-13-24(23)33-25)34(31,32)22-10-6-5-7-11-22/h5-17,19,25H,18H2,1-4H3,(H,28,30). The summed E-state index contributed by atoms with van der Waals surface area (Å²) in [5.74, 6) is -0.00856. The third kappa shape index (κ3) is 4.80. The molecule has 3 aromatic rings. The molecular weight excluding hydrogens is 448 g/mol. The maximum Gasteiger partial charge on any atom is 0.264 e. The highest BCUT2D eigenvalue weighted by Gasteiger charge is 2.37. The number of fused-ring (bicyclic) bond motifs is 1. The molecule has 1 aliphatic rings. The molecule has 2 atom stereocenters. The summed E-state index contributed by atoms with van der Waals surface area (Å²) in [6, 6.07) is 23.0. The molecule has 1 N–H and O–H groups in total. The van der Waals surface area contributed by atoms with Gasteiger partial charge in [-0.15, -0.1) is 0 Å². The molecule has 0 aliphatic carbocycles. The van der Waals surface area contributed by atoms with Crippen molar-refractivity contribution in [2.45, 2.75) is 50.2 Å². The van der Waals surface area contributed by atoms with E-state index in [-0.39, 0.29) is 28.8 Å². The van der Waals surface area contributed by atoms with E-state index in [1.54, 1.807) is 54.6 Å². The highest BCUT2D eigenvalue weighted by molar-refractivity contribution is 7.92. The van der Waals surface area contributed by atoms with Crippen LogP contribution < -0.4 is 14.4 Å². The maximum atomic E-state index is 13.4. The van der Waals surface area contributed by atoms with Gasteiger partial charge >= 0.3 is 0 Å². The van der Waals surface area contributed by atoms with Gasteiger partial charge in [0.1, 0.15) is 5.75 Å². The van der Waals surface area contributed by atoms with E-state index >= 15 is 0 Å². The summed E-state index contributed by atoms with van der Waals surface area (Å²) in [4.78, 5) is 13.3. The Kier molecular flexibility index (Phi) is 6.41. The van der Waals surface area contributed by atoms with E-state index in [2.05, 4.69) is 38.2 Å². The molecule has 0 saturated heterocycles. The first-order valence-electron chi connectivity index (χ1n) is 11.3. The number of hydrogen-bond donors (Lipinski definition) is 1. The highest BCUT2D eigenvalue weighted by atomic mass is 32.2. The van der Waals surface area contributed by atoms with Gasteiger partial charge in [-0.25, -0.2) is 8.42 Å². The number of nitrogens with one attached hydrogen (secondary N) is 1. The zero-order valence-electron chi connectivity index (χ0n) is 19.9. The Labute approximate surface area is 201 Å². The summed E-state index contributed by atoms with van der Waals surface area (Å²) in [7, 11) is -3.87. The molecule has 1 amide bonds. The van der Waals surface area contributed by atoms with Gasteiger partial charge in [-0.05, 0) is 47.7 Å². The molecule has 178 valence electrons. The molecule has 0 bridgehead atoms. The van der Waals surface area contributed by atoms with Gasteiger partial charge in [-0.2, -0.15) is 0 Å². The summed E-state index contributed by atoms with van der Waals surface area (Å²) >= 11 is 0. The van der Waals surface area contributed by atoms with Crippen molar-refractivity contribution in [1.29, 1.82) is 0 Å². The van der Waals surface area contributed by atoms with Crippen molar-refractivity contribution >= 4 is 21.6 Å². The minimum Gasteiger partial charge on any atom is -0.476 e. The third-order valence-electron chi connectivity index (χ3n) is 5.99. The fraction of sp³-hybridized carbons (Fsp3) is 0.296. The number of ether oxygens (including phenoxy) is 1. The highest BCUT2D eigenvalue weighted by Crippen LogP contribution is 2.37. The van der Waals surface area contributed by atoms with Crippen LogP contribution >= 0.6 is 0 Å². The van der Waals surface area contributed by atoms with Gasteiger partial charge in [0, 0.05) is 0 Å². The molecule has 0 radical (unpaired) electrons. The third-order valence-corrected chi connectivity index (χ3v) is 7.79. The quantitative estimate of drug-likeness (QED) is 0.571. The van der Waals surface area contributed by atoms with Gasteiger partial charge in [0.15, 0.2) is 6.10 Å². The van der Waals surface area contributed by atoms with E-state index in [0.717, 1.165) is 5.56 Å². The second kappa shape index (κ2) is 9.14. The number of anilines is 1. The van der Waals surface area contributed by atoms with Crippen LogP contribution in [-0.4, -0.2) is 27.0 Å². The van der Waals surface area contributed by atoms with Crippen LogP contribution in [0.3, 0.4) is 0 Å². The fourth-order valence-electron chi connectivity index (χ4n) is 3.95. The first-order valence-corrected chi connectivity index (χ1v) is 12.8. The van der Waals surface area contributed by atoms with Crippen LogP contribution in [0, 0.1) is 0 Å². The minimum absolute atomic E-state index is 0.0437. The van der Waals surface area contributed by atoms with Crippen LogP contribution in [0.15, 0.2) is 83.8 Å². The number of carbonyl (C=O) groups excluding carboxylic acids is 1. The van der Waals surface area contributed by atoms with E-state index in [0.29, 0.717) is 11.4 Å². The molecule has 6 nitrogen and oxygen atoms in total. The molecule has 34 heavy (non-hydrogen) atoms. The summed E-state index contributed by atoms with van der Waals surface area (Å²) in [6.07, 6.45) is -0.982. The topological polar surface area (TPSA) is 75.7 Å². The fourth-order valence-corrected chi connectivity index (χ4v) is 5.44. The van der Waals surface area contributed by atoms with Gasteiger partial charge in [0.25, 0.3) is 15.9 Å². The number of nitrogens with zero attached hydrogens (tertiary/aromatic N) is 1. The van der Waals surface area contributed by atoms with Crippen molar-refractivity contribution in [2.75, 3.05) is 10.8 Å². The molecular formula is C27H30N2O4S. The number of para-hydroxylation sites is 2. The molecule has 0 aromatic heterocycles. The number of amides is 1. The monoisotopic (exact) mass is 478 g/mol. The van der Waals surface area contributed by atoms with Crippen LogP contribution in [0.25, 0.3) is 0 Å². The zero-order valence-corrected chi connectivity index (χ0v) is 20.7. The predicted octanol–water partition coefficient (Wildman–Crippen LogP) is 4.82. The maximum absolute atomic E-state index is 13.4. The lowest BCUT2D eigenvalue weighted by atomic mass is 9.86. The van der Waals surface area contributed by atoms with Crippen molar-refractivity contribution < 1.29 is 17.9 Å².